The summed E-state index contributed by atoms with van der Waals surface area (Å²) in [6.07, 6.45) is -0.593. The van der Waals surface area contributed by atoms with Crippen molar-refractivity contribution in [3.63, 3.8) is 0 Å². The predicted octanol–water partition coefficient (Wildman–Crippen LogP) is -2.39. The van der Waals surface area contributed by atoms with E-state index in [0.29, 0.717) is 0 Å². The molecule has 12 nitrogen and oxygen atoms in total. The van der Waals surface area contributed by atoms with Crippen molar-refractivity contribution in [2.75, 3.05) is 0 Å². The van der Waals surface area contributed by atoms with Crippen LogP contribution >= 0.6 is 15.6 Å². The molecule has 0 saturated heterocycles. The molecule has 122 valence electrons. The molecular weight excluding hydrogens is 422 g/mol. The Morgan fingerprint density at radius 1 is 0.667 bits per heavy atom. The summed E-state index contributed by atoms with van der Waals surface area (Å²) in [6.45, 7) is 0. The maximum absolute atomic E-state index is 9.64. The monoisotopic (exact) mass is 440 g/mol. The van der Waals surface area contributed by atoms with Gasteiger partial charge in [-0.2, -0.15) is 0 Å². The molecule has 0 fully saturated rings. The van der Waals surface area contributed by atoms with E-state index in [0.717, 1.165) is 0 Å². The SMILES string of the molecule is O=C(O)CCC(=O)O.O=P(O)(O)O.O=P(O)(O)O.[Ca+2].[Ca+2].[Ca+2].[H-].[H-].[H-].[H-].[H-].[H-]. The Hall–Kier alpha value is 2.94. The first-order chi connectivity index (χ1) is 7.63. The number of aliphatic carboxylic acids is 2. The number of hydrogen-bond donors (Lipinski definition) is 8. The first-order valence-corrected chi connectivity index (χ1v) is 6.76. The van der Waals surface area contributed by atoms with Gasteiger partial charge in [-0.05, 0) is 0 Å². The van der Waals surface area contributed by atoms with E-state index in [1.807, 2.05) is 0 Å². The van der Waals surface area contributed by atoms with Crippen LogP contribution in [-0.4, -0.2) is 165 Å². The van der Waals surface area contributed by atoms with Crippen LogP contribution in [-0.2, 0) is 18.7 Å². The fourth-order valence-electron chi connectivity index (χ4n) is 0.214. The smallest absolute Gasteiger partial charge is 1.00 e. The molecule has 0 unspecified atom stereocenters. The van der Waals surface area contributed by atoms with Crippen LogP contribution in [0.2, 0.25) is 0 Å². The van der Waals surface area contributed by atoms with Gasteiger partial charge in [-0.3, -0.25) is 9.59 Å². The molecule has 8 N–H and O–H groups in total. The predicted molar refractivity (Wildman–Crippen MR) is 77.0 cm³/mol. The summed E-state index contributed by atoms with van der Waals surface area (Å²) in [5, 5.41) is 15.8. The van der Waals surface area contributed by atoms with E-state index in [-0.39, 0.29) is 135 Å². The van der Waals surface area contributed by atoms with Gasteiger partial charge in [0.2, 0.25) is 0 Å². The molecule has 0 radical (unpaired) electrons. The molecule has 0 aromatic rings. The van der Waals surface area contributed by atoms with Gasteiger partial charge < -0.3 is 48.1 Å². The molecule has 0 rings (SSSR count). The molecule has 0 bridgehead atoms. The number of carbonyl (C=O) groups is 2. The Morgan fingerprint density at radius 3 is 0.810 bits per heavy atom. The third-order valence-corrected chi connectivity index (χ3v) is 0.553. The number of carboxylic acids is 2. The van der Waals surface area contributed by atoms with Gasteiger partial charge in [0.25, 0.3) is 0 Å². The molecule has 0 aliphatic rings. The van der Waals surface area contributed by atoms with Crippen LogP contribution in [0, 0.1) is 0 Å². The van der Waals surface area contributed by atoms with Crippen molar-refractivity contribution in [2.24, 2.45) is 0 Å². The standard InChI is InChI=1S/C4H6O4.3Ca.2H3O4P.6H/c5-3(6)1-2-4(7)8;;;;2*1-5(2,3)4;;;;;;/h1-2H2,(H,5,6)(H,7,8);;;;2*(H3,1,2,3,4);;;;;;/q;3*+2;;;6*-1. The second kappa shape index (κ2) is 21.0. The average molecular weight is 440 g/mol. The van der Waals surface area contributed by atoms with Crippen molar-refractivity contribution in [3.8, 4) is 0 Å². The summed E-state index contributed by atoms with van der Waals surface area (Å²) >= 11 is 0. The topological polar surface area (TPSA) is 230 Å². The quantitative estimate of drug-likeness (QED) is 0.170. The van der Waals surface area contributed by atoms with E-state index in [1.165, 1.54) is 0 Å². The van der Waals surface area contributed by atoms with Crippen LogP contribution in [0.1, 0.15) is 21.4 Å². The van der Waals surface area contributed by atoms with Crippen LogP contribution in [0.4, 0.5) is 0 Å². The Labute approximate surface area is 217 Å². The van der Waals surface area contributed by atoms with Crippen molar-refractivity contribution in [2.45, 2.75) is 12.8 Å². The molecule has 17 heteroatoms. The molecule has 0 aromatic heterocycles. The largest absolute Gasteiger partial charge is 2.00 e. The molecule has 0 aliphatic heterocycles. The number of hydrogen-bond acceptors (Lipinski definition) is 4. The molecule has 0 spiro atoms. The van der Waals surface area contributed by atoms with Crippen molar-refractivity contribution < 1.29 is 66.9 Å². The zero-order valence-corrected chi connectivity index (χ0v) is 19.1. The van der Waals surface area contributed by atoms with Crippen molar-refractivity contribution >= 4 is 141 Å². The molecule has 0 heterocycles. The number of rotatable bonds is 3. The minimum Gasteiger partial charge on any atom is -1.00 e. The van der Waals surface area contributed by atoms with E-state index in [9.17, 15) is 9.59 Å². The van der Waals surface area contributed by atoms with Gasteiger partial charge in [0, 0.05) is 0 Å². The van der Waals surface area contributed by atoms with Crippen LogP contribution in [0.25, 0.3) is 0 Å². The van der Waals surface area contributed by atoms with Gasteiger partial charge >= 0.3 is 141 Å². The Balaban J connectivity index is -0.0000000110. The molecule has 21 heavy (non-hydrogen) atoms. The average Bonchev–Trinajstić information content (AvgIpc) is 1.93. The number of phosphoric acid groups is 2. The van der Waals surface area contributed by atoms with E-state index in [2.05, 4.69) is 0 Å². The third kappa shape index (κ3) is 160. The molecular formula is C4H18Ca3O12P2. The normalized spacial score (nSPS) is 8.86. The maximum atomic E-state index is 9.64. The number of carboxylic acid groups (broad SMARTS) is 2. The van der Waals surface area contributed by atoms with Crippen molar-refractivity contribution in [1.82, 2.24) is 0 Å². The molecule has 0 saturated carbocycles. The minimum atomic E-state index is -4.64. The first-order valence-electron chi connectivity index (χ1n) is 3.63. The molecule has 0 aromatic carbocycles. The molecule has 0 aliphatic carbocycles. The summed E-state index contributed by atoms with van der Waals surface area (Å²) in [4.78, 5) is 62.4. The third-order valence-electron chi connectivity index (χ3n) is 0.553. The van der Waals surface area contributed by atoms with Gasteiger partial charge in [0.1, 0.15) is 0 Å². The maximum Gasteiger partial charge on any atom is 2.00 e. The second-order valence-electron chi connectivity index (χ2n) is 2.31. The summed E-state index contributed by atoms with van der Waals surface area (Å²) in [5.41, 5.74) is 0. The Morgan fingerprint density at radius 2 is 0.762 bits per heavy atom. The van der Waals surface area contributed by atoms with Crippen molar-refractivity contribution in [1.29, 1.82) is 0 Å². The summed E-state index contributed by atoms with van der Waals surface area (Å²) in [6, 6.07) is 0. The first kappa shape index (κ1) is 39.1. The Bertz CT molecular complexity index is 319. The zero-order valence-electron chi connectivity index (χ0n) is 16.6. The van der Waals surface area contributed by atoms with Gasteiger partial charge in [0.15, 0.2) is 0 Å². The van der Waals surface area contributed by atoms with E-state index in [1.54, 1.807) is 0 Å². The Kier molecular flexibility index (Phi) is 39.1. The van der Waals surface area contributed by atoms with Crippen LogP contribution in [0.3, 0.4) is 0 Å². The fraction of sp³-hybridized carbons (Fsp3) is 0.500. The van der Waals surface area contributed by atoms with Crippen LogP contribution in [0.15, 0.2) is 0 Å². The van der Waals surface area contributed by atoms with Gasteiger partial charge in [-0.25, -0.2) is 9.13 Å². The summed E-state index contributed by atoms with van der Waals surface area (Å²) < 4.78 is 17.8. The van der Waals surface area contributed by atoms with Gasteiger partial charge in [-0.1, -0.05) is 0 Å². The van der Waals surface area contributed by atoms with Crippen LogP contribution in [0.5, 0.6) is 0 Å². The fourth-order valence-corrected chi connectivity index (χ4v) is 0.214. The van der Waals surface area contributed by atoms with Gasteiger partial charge in [-0.15, -0.1) is 0 Å². The van der Waals surface area contributed by atoms with E-state index >= 15 is 0 Å². The van der Waals surface area contributed by atoms with Crippen LogP contribution < -0.4 is 0 Å². The summed E-state index contributed by atoms with van der Waals surface area (Å²) in [5.74, 6) is -2.15. The second-order valence-corrected chi connectivity index (χ2v) is 4.37. The van der Waals surface area contributed by atoms with E-state index < -0.39 is 27.6 Å². The minimum absolute atomic E-state index is 0. The zero-order chi connectivity index (χ0) is 15.6. The summed E-state index contributed by atoms with van der Waals surface area (Å²) in [7, 11) is -9.28. The molecule has 0 amide bonds. The van der Waals surface area contributed by atoms with Gasteiger partial charge in [0.05, 0.1) is 12.8 Å². The van der Waals surface area contributed by atoms with E-state index in [4.69, 9.17) is 48.7 Å². The van der Waals surface area contributed by atoms with Crippen molar-refractivity contribution in [3.05, 3.63) is 0 Å². The molecule has 0 atom stereocenters.